The summed E-state index contributed by atoms with van der Waals surface area (Å²) in [7, 11) is 0. The van der Waals surface area contributed by atoms with Gasteiger partial charge in [0.15, 0.2) is 5.60 Å². The fraction of sp³-hybridized carbons (Fsp3) is 0.409. The molecular weight excluding hydrogens is 414 g/mol. The fourth-order valence-corrected chi connectivity index (χ4v) is 4.42. The van der Waals surface area contributed by atoms with Gasteiger partial charge in [-0.25, -0.2) is 0 Å². The molecular formula is C22H25N5O5. The maximum Gasteiger partial charge on any atom is 0.248 e. The second-order valence-corrected chi connectivity index (χ2v) is 8.31. The summed E-state index contributed by atoms with van der Waals surface area (Å²) in [5, 5.41) is 9.64. The summed E-state index contributed by atoms with van der Waals surface area (Å²) in [5.74, 6) is -1.37. The van der Waals surface area contributed by atoms with Gasteiger partial charge >= 0.3 is 0 Å². The van der Waals surface area contributed by atoms with Crippen LogP contribution in [0.4, 0.5) is 5.69 Å². The van der Waals surface area contributed by atoms with E-state index in [2.05, 4.69) is 15.8 Å². The molecule has 3 aliphatic heterocycles. The van der Waals surface area contributed by atoms with Gasteiger partial charge < -0.3 is 26.1 Å². The van der Waals surface area contributed by atoms with Crippen molar-refractivity contribution in [2.45, 2.75) is 50.3 Å². The maximum atomic E-state index is 13.0. The van der Waals surface area contributed by atoms with E-state index in [0.29, 0.717) is 24.2 Å². The van der Waals surface area contributed by atoms with Crippen molar-refractivity contribution >= 4 is 35.0 Å². The first-order valence-electron chi connectivity index (χ1n) is 10.5. The molecule has 4 amide bonds. The minimum absolute atomic E-state index is 0.149. The number of benzene rings is 1. The number of anilines is 1. The number of likely N-dealkylation sites (tertiary alicyclic amines) is 1. The Hall–Kier alpha value is -3.69. The molecule has 1 spiro atoms. The van der Waals surface area contributed by atoms with Gasteiger partial charge in [0.25, 0.3) is 0 Å². The van der Waals surface area contributed by atoms with E-state index in [4.69, 9.17) is 10.6 Å². The summed E-state index contributed by atoms with van der Waals surface area (Å²) in [5.41, 5.74) is 6.75. The number of primary amides is 1. The van der Waals surface area contributed by atoms with Crippen molar-refractivity contribution in [1.82, 2.24) is 10.2 Å². The molecule has 168 valence electrons. The maximum absolute atomic E-state index is 13.0. The number of carbonyl (C=O) groups excluding carboxylic acids is 4. The van der Waals surface area contributed by atoms with Gasteiger partial charge in [0, 0.05) is 30.5 Å². The summed E-state index contributed by atoms with van der Waals surface area (Å²) >= 11 is 0. The second-order valence-electron chi connectivity index (χ2n) is 8.31. The van der Waals surface area contributed by atoms with Crippen LogP contribution < -0.4 is 16.4 Å². The molecule has 4 N–H and O–H groups in total. The summed E-state index contributed by atoms with van der Waals surface area (Å²) in [6.07, 6.45) is 4.35. The van der Waals surface area contributed by atoms with E-state index in [0.717, 1.165) is 5.56 Å². The highest BCUT2D eigenvalue weighted by Crippen LogP contribution is 2.39. The smallest absolute Gasteiger partial charge is 0.248 e. The van der Waals surface area contributed by atoms with Crippen LogP contribution in [-0.4, -0.2) is 58.5 Å². The van der Waals surface area contributed by atoms with E-state index in [1.807, 2.05) is 6.07 Å². The van der Waals surface area contributed by atoms with Crippen LogP contribution in [0.3, 0.4) is 0 Å². The Kier molecular flexibility index (Phi) is 5.68. The third-order valence-electron chi connectivity index (χ3n) is 5.93. The summed E-state index contributed by atoms with van der Waals surface area (Å²) < 4.78 is 0. The first kappa shape index (κ1) is 21.5. The number of oxime groups is 1. The average Bonchev–Trinajstić information content (AvgIpc) is 3.47. The molecule has 10 nitrogen and oxygen atoms in total. The van der Waals surface area contributed by atoms with E-state index in [9.17, 15) is 19.2 Å². The van der Waals surface area contributed by atoms with Gasteiger partial charge in [0.05, 0.1) is 12.3 Å². The second kappa shape index (κ2) is 8.45. The van der Waals surface area contributed by atoms with Gasteiger partial charge in [-0.1, -0.05) is 23.4 Å². The standard InChI is InChI=1S/C22H25N5O5/c1-2-4-18(28)24-14-6-3-5-13(9-14)16-10-22(32-26-16)11-17(20(23)30)27(12-22)21(31)15-7-8-19(29)25-15/h2-6,9,15,17H,7-8,10-12H2,1H3,(H2,23,30)(H,24,28)(H,25,29)/b4-2-/t15-,17-,22?/m1/s1. The zero-order chi connectivity index (χ0) is 22.9. The lowest BCUT2D eigenvalue weighted by Gasteiger charge is -2.25. The molecule has 10 heteroatoms. The third-order valence-corrected chi connectivity index (χ3v) is 5.93. The topological polar surface area (TPSA) is 143 Å². The Morgan fingerprint density at radius 3 is 2.88 bits per heavy atom. The number of rotatable bonds is 5. The molecule has 0 radical (unpaired) electrons. The van der Waals surface area contributed by atoms with Crippen LogP contribution in [0.2, 0.25) is 0 Å². The number of nitrogens with two attached hydrogens (primary N) is 1. The van der Waals surface area contributed by atoms with Gasteiger partial charge in [-0.15, -0.1) is 0 Å². The minimum Gasteiger partial charge on any atom is -0.387 e. The van der Waals surface area contributed by atoms with Crippen molar-refractivity contribution in [3.63, 3.8) is 0 Å². The Labute approximate surface area is 184 Å². The first-order chi connectivity index (χ1) is 15.3. The van der Waals surface area contributed by atoms with Crippen molar-refractivity contribution in [3.05, 3.63) is 42.0 Å². The van der Waals surface area contributed by atoms with E-state index in [-0.39, 0.29) is 37.1 Å². The highest BCUT2D eigenvalue weighted by molar-refractivity contribution is 6.04. The number of hydrogen-bond donors (Lipinski definition) is 3. The van der Waals surface area contributed by atoms with Crippen LogP contribution >= 0.6 is 0 Å². The van der Waals surface area contributed by atoms with Gasteiger partial charge in [-0.3, -0.25) is 19.2 Å². The molecule has 2 saturated heterocycles. The molecule has 32 heavy (non-hydrogen) atoms. The Morgan fingerprint density at radius 1 is 1.38 bits per heavy atom. The van der Waals surface area contributed by atoms with Gasteiger partial charge in [-0.2, -0.15) is 0 Å². The Bertz CT molecular complexity index is 1040. The van der Waals surface area contributed by atoms with Crippen LogP contribution in [0.25, 0.3) is 0 Å². The molecule has 3 heterocycles. The average molecular weight is 439 g/mol. The van der Waals surface area contributed by atoms with E-state index in [1.165, 1.54) is 11.0 Å². The number of nitrogens with zero attached hydrogens (tertiary/aromatic N) is 2. The largest absolute Gasteiger partial charge is 0.387 e. The van der Waals surface area contributed by atoms with E-state index in [1.54, 1.807) is 31.2 Å². The van der Waals surface area contributed by atoms with Crippen LogP contribution in [0.5, 0.6) is 0 Å². The first-order valence-corrected chi connectivity index (χ1v) is 10.5. The van der Waals surface area contributed by atoms with Gasteiger partial charge in [0.2, 0.25) is 23.6 Å². The van der Waals surface area contributed by atoms with Crippen molar-refractivity contribution in [2.24, 2.45) is 10.9 Å². The van der Waals surface area contributed by atoms with Gasteiger partial charge in [-0.05, 0) is 31.6 Å². The number of amides is 4. The fourth-order valence-electron chi connectivity index (χ4n) is 4.42. The summed E-state index contributed by atoms with van der Waals surface area (Å²) in [4.78, 5) is 55.6. The SMILES string of the molecule is C/C=C\C(=O)Nc1cccc(C2=NOC3(C2)C[C@H](C(N)=O)N(C(=O)[C@H]2CCC(=O)N2)C3)c1. The molecule has 4 rings (SSSR count). The molecule has 0 aliphatic carbocycles. The predicted molar refractivity (Wildman–Crippen MR) is 115 cm³/mol. The number of hydrogen-bond acceptors (Lipinski definition) is 6. The van der Waals surface area contributed by atoms with Crippen molar-refractivity contribution in [3.8, 4) is 0 Å². The van der Waals surface area contributed by atoms with Crippen molar-refractivity contribution < 1.29 is 24.0 Å². The normalized spacial score (nSPS) is 26.8. The quantitative estimate of drug-likeness (QED) is 0.570. The zero-order valence-corrected chi connectivity index (χ0v) is 17.7. The molecule has 3 atom stereocenters. The minimum atomic E-state index is -0.864. The Morgan fingerprint density at radius 2 is 2.19 bits per heavy atom. The van der Waals surface area contributed by atoms with Crippen molar-refractivity contribution in [1.29, 1.82) is 0 Å². The summed E-state index contributed by atoms with van der Waals surface area (Å²) in [6, 6.07) is 5.73. The lowest BCUT2D eigenvalue weighted by Crippen LogP contribution is -2.50. The molecule has 1 unspecified atom stereocenters. The molecule has 0 bridgehead atoms. The Balaban J connectivity index is 1.49. The monoisotopic (exact) mass is 439 g/mol. The third kappa shape index (κ3) is 4.20. The van der Waals surface area contributed by atoms with E-state index >= 15 is 0 Å². The van der Waals surface area contributed by atoms with Crippen molar-refractivity contribution in [2.75, 3.05) is 11.9 Å². The van der Waals surface area contributed by atoms with Crippen LogP contribution in [0.1, 0.15) is 38.2 Å². The molecule has 2 fully saturated rings. The molecule has 3 aliphatic rings. The molecule has 1 aromatic carbocycles. The lowest BCUT2D eigenvalue weighted by atomic mass is 9.91. The lowest BCUT2D eigenvalue weighted by molar-refractivity contribution is -0.139. The molecule has 1 aromatic rings. The molecule has 0 saturated carbocycles. The van der Waals surface area contributed by atoms with Crippen LogP contribution in [-0.2, 0) is 24.0 Å². The van der Waals surface area contributed by atoms with Crippen LogP contribution in [0.15, 0.2) is 41.6 Å². The highest BCUT2D eigenvalue weighted by Gasteiger charge is 2.54. The number of nitrogens with one attached hydrogen (secondary N) is 2. The van der Waals surface area contributed by atoms with Gasteiger partial charge in [0.1, 0.15) is 12.1 Å². The highest BCUT2D eigenvalue weighted by atomic mass is 16.7. The van der Waals surface area contributed by atoms with E-state index < -0.39 is 23.6 Å². The molecule has 0 aromatic heterocycles. The number of allylic oxidation sites excluding steroid dienone is 1. The summed E-state index contributed by atoms with van der Waals surface area (Å²) in [6.45, 7) is 1.91. The zero-order valence-electron chi connectivity index (χ0n) is 17.7. The van der Waals surface area contributed by atoms with Crippen LogP contribution in [0, 0.1) is 0 Å². The predicted octanol–water partition coefficient (Wildman–Crippen LogP) is 0.429. The number of carbonyl (C=O) groups is 4.